The maximum Gasteiger partial charge on any atom is 0.452 e. The van der Waals surface area contributed by atoms with E-state index in [1.54, 1.807) is 27.9 Å². The molecule has 1 aromatic rings. The first kappa shape index (κ1) is 35.0. The van der Waals surface area contributed by atoms with Crippen LogP contribution < -0.4 is 21.3 Å². The molecule has 2 rings (SSSR count). The lowest BCUT2D eigenvalue weighted by Crippen LogP contribution is -2.61. The SMILES string of the molecule is CCC(C)(NC(=O)[C@@H]1CCCN1C(=O)[C@@H](NC(=O)Nc1ccc(C(=O)NCC(=O)N(C)C)cc1)C(C)C)C(=O)C(F)(F)F. The first-order valence-electron chi connectivity index (χ1n) is 13.8. The maximum atomic E-state index is 13.5. The summed E-state index contributed by atoms with van der Waals surface area (Å²) in [6.07, 6.45) is -4.88. The van der Waals surface area contributed by atoms with Gasteiger partial charge < -0.3 is 31.1 Å². The minimum Gasteiger partial charge on any atom is -0.347 e. The summed E-state index contributed by atoms with van der Waals surface area (Å²) in [5, 5.41) is 9.84. The van der Waals surface area contributed by atoms with E-state index in [9.17, 15) is 41.9 Å². The van der Waals surface area contributed by atoms with Gasteiger partial charge in [-0.25, -0.2) is 4.79 Å². The summed E-state index contributed by atoms with van der Waals surface area (Å²) in [5.41, 5.74) is -1.63. The summed E-state index contributed by atoms with van der Waals surface area (Å²) < 4.78 is 39.4. The number of ketones is 1. The fraction of sp³-hybridized carbons (Fsp3) is 0.571. The molecule has 1 saturated heterocycles. The topological polar surface area (TPSA) is 157 Å². The third-order valence-electron chi connectivity index (χ3n) is 7.23. The van der Waals surface area contributed by atoms with Gasteiger partial charge in [-0.3, -0.25) is 24.0 Å². The number of nitrogens with one attached hydrogen (secondary N) is 4. The molecule has 1 heterocycles. The summed E-state index contributed by atoms with van der Waals surface area (Å²) in [7, 11) is 3.12. The molecule has 0 spiro atoms. The van der Waals surface area contributed by atoms with E-state index in [2.05, 4.69) is 21.3 Å². The molecule has 1 aliphatic heterocycles. The monoisotopic (exact) mass is 612 g/mol. The van der Waals surface area contributed by atoms with Crippen LogP contribution in [0.4, 0.5) is 23.7 Å². The summed E-state index contributed by atoms with van der Waals surface area (Å²) in [6.45, 7) is 5.66. The number of urea groups is 1. The van der Waals surface area contributed by atoms with Crippen LogP contribution in [0.25, 0.3) is 0 Å². The molecule has 0 aliphatic carbocycles. The average Bonchev–Trinajstić information content (AvgIpc) is 3.43. The number of alkyl halides is 3. The summed E-state index contributed by atoms with van der Waals surface area (Å²) in [5.74, 6) is -4.75. The minimum absolute atomic E-state index is 0.142. The highest BCUT2D eigenvalue weighted by atomic mass is 19.4. The van der Waals surface area contributed by atoms with Crippen molar-refractivity contribution >= 4 is 41.1 Å². The van der Waals surface area contributed by atoms with Crippen molar-refractivity contribution < 1.29 is 41.9 Å². The molecule has 15 heteroatoms. The molecule has 12 nitrogen and oxygen atoms in total. The highest BCUT2D eigenvalue weighted by Gasteiger charge is 2.51. The molecule has 4 N–H and O–H groups in total. The molecule has 0 bridgehead atoms. The van der Waals surface area contributed by atoms with Gasteiger partial charge in [-0.1, -0.05) is 20.8 Å². The molecule has 1 unspecified atom stereocenters. The van der Waals surface area contributed by atoms with Gasteiger partial charge in [0.15, 0.2) is 0 Å². The number of anilines is 1. The fourth-order valence-electron chi connectivity index (χ4n) is 4.40. The van der Waals surface area contributed by atoms with Crippen LogP contribution in [0.15, 0.2) is 24.3 Å². The van der Waals surface area contributed by atoms with Crippen molar-refractivity contribution in [2.24, 2.45) is 5.92 Å². The molecule has 6 amide bonds. The van der Waals surface area contributed by atoms with Crippen LogP contribution in [0.5, 0.6) is 0 Å². The quantitative estimate of drug-likeness (QED) is 0.300. The smallest absolute Gasteiger partial charge is 0.347 e. The number of carbonyl (C=O) groups excluding carboxylic acids is 6. The van der Waals surface area contributed by atoms with Gasteiger partial charge in [0, 0.05) is 31.9 Å². The second kappa shape index (κ2) is 14.3. The minimum atomic E-state index is -5.15. The van der Waals surface area contributed by atoms with Crippen molar-refractivity contribution in [2.75, 3.05) is 32.5 Å². The molecular weight excluding hydrogens is 573 g/mol. The van der Waals surface area contributed by atoms with Gasteiger partial charge in [-0.05, 0) is 56.4 Å². The summed E-state index contributed by atoms with van der Waals surface area (Å²) >= 11 is 0. The van der Waals surface area contributed by atoms with Crippen LogP contribution >= 0.6 is 0 Å². The van der Waals surface area contributed by atoms with Crippen molar-refractivity contribution in [2.45, 2.75) is 70.8 Å². The molecule has 0 radical (unpaired) electrons. The Morgan fingerprint density at radius 2 is 1.65 bits per heavy atom. The number of amides is 6. The number of hydrogen-bond donors (Lipinski definition) is 4. The average molecular weight is 613 g/mol. The second-order valence-electron chi connectivity index (χ2n) is 11.1. The Bertz CT molecular complexity index is 1220. The predicted octanol–water partition coefficient (Wildman–Crippen LogP) is 2.06. The van der Waals surface area contributed by atoms with Gasteiger partial charge in [0.25, 0.3) is 11.7 Å². The Morgan fingerprint density at radius 1 is 1.05 bits per heavy atom. The van der Waals surface area contributed by atoms with Gasteiger partial charge >= 0.3 is 12.2 Å². The highest BCUT2D eigenvalue weighted by Crippen LogP contribution is 2.27. The highest BCUT2D eigenvalue weighted by molar-refractivity contribution is 6.00. The van der Waals surface area contributed by atoms with Crippen molar-refractivity contribution in [3.63, 3.8) is 0 Å². The van der Waals surface area contributed by atoms with Crippen LogP contribution in [0.1, 0.15) is 57.3 Å². The zero-order valence-corrected chi connectivity index (χ0v) is 25.1. The molecule has 43 heavy (non-hydrogen) atoms. The Balaban J connectivity index is 2.07. The number of carbonyl (C=O) groups is 6. The summed E-state index contributed by atoms with van der Waals surface area (Å²) in [6, 6.07) is 2.87. The van der Waals surface area contributed by atoms with Crippen LogP contribution in [-0.2, 0) is 19.2 Å². The first-order valence-corrected chi connectivity index (χ1v) is 13.8. The molecule has 1 fully saturated rings. The van der Waals surface area contributed by atoms with Crippen LogP contribution in [0.3, 0.4) is 0 Å². The van der Waals surface area contributed by atoms with Gasteiger partial charge in [-0.15, -0.1) is 0 Å². The molecule has 1 aliphatic rings. The van der Waals surface area contributed by atoms with Crippen molar-refractivity contribution in [1.82, 2.24) is 25.8 Å². The van der Waals surface area contributed by atoms with E-state index in [0.29, 0.717) is 12.1 Å². The lowest BCUT2D eigenvalue weighted by molar-refractivity contribution is -0.178. The van der Waals surface area contributed by atoms with E-state index in [0.717, 1.165) is 6.92 Å². The fourth-order valence-corrected chi connectivity index (χ4v) is 4.40. The van der Waals surface area contributed by atoms with Crippen LogP contribution in [0, 0.1) is 5.92 Å². The molecule has 3 atom stereocenters. The Labute approximate surface area is 248 Å². The zero-order valence-electron chi connectivity index (χ0n) is 25.1. The number of benzene rings is 1. The zero-order chi connectivity index (χ0) is 32.7. The predicted molar refractivity (Wildman–Crippen MR) is 151 cm³/mol. The molecular formula is C28H39F3N6O6. The molecule has 0 saturated carbocycles. The van der Waals surface area contributed by atoms with Crippen LogP contribution in [-0.4, -0.2) is 96.2 Å². The van der Waals surface area contributed by atoms with E-state index in [4.69, 9.17) is 0 Å². The largest absolute Gasteiger partial charge is 0.452 e. The number of rotatable bonds is 11. The van der Waals surface area contributed by atoms with Crippen LogP contribution in [0.2, 0.25) is 0 Å². The number of hydrogen-bond acceptors (Lipinski definition) is 6. The lowest BCUT2D eigenvalue weighted by atomic mass is 9.92. The molecule has 1 aromatic carbocycles. The van der Waals surface area contributed by atoms with Gasteiger partial charge in [-0.2, -0.15) is 13.2 Å². The number of halogens is 3. The Hall–Kier alpha value is -4.17. The van der Waals surface area contributed by atoms with E-state index < -0.39 is 59.3 Å². The Kier molecular flexibility index (Phi) is 11.7. The van der Waals surface area contributed by atoms with E-state index >= 15 is 0 Å². The lowest BCUT2D eigenvalue weighted by Gasteiger charge is -2.34. The third kappa shape index (κ3) is 9.16. The van der Waals surface area contributed by atoms with E-state index in [1.165, 1.54) is 41.0 Å². The number of likely N-dealkylation sites (N-methyl/N-ethyl adjacent to an activating group) is 1. The molecule has 0 aromatic heterocycles. The summed E-state index contributed by atoms with van der Waals surface area (Å²) in [4.78, 5) is 77.7. The van der Waals surface area contributed by atoms with Crippen molar-refractivity contribution in [3.05, 3.63) is 29.8 Å². The molecule has 238 valence electrons. The van der Waals surface area contributed by atoms with Gasteiger partial charge in [0.05, 0.1) is 6.54 Å². The Morgan fingerprint density at radius 3 is 2.16 bits per heavy atom. The van der Waals surface area contributed by atoms with Gasteiger partial charge in [0.1, 0.15) is 17.6 Å². The normalized spacial score (nSPS) is 17.0. The van der Waals surface area contributed by atoms with E-state index in [1.807, 2.05) is 0 Å². The third-order valence-corrected chi connectivity index (χ3v) is 7.23. The second-order valence-corrected chi connectivity index (χ2v) is 11.1. The van der Waals surface area contributed by atoms with Gasteiger partial charge in [0.2, 0.25) is 17.7 Å². The van der Waals surface area contributed by atoms with E-state index in [-0.39, 0.29) is 37.4 Å². The number of likely N-dealkylation sites (tertiary alicyclic amines) is 1. The van der Waals surface area contributed by atoms with Crippen molar-refractivity contribution in [3.8, 4) is 0 Å². The maximum absolute atomic E-state index is 13.5. The number of nitrogens with zero attached hydrogens (tertiary/aromatic N) is 2. The standard InChI is InChI=1S/C28H39F3N6O6/c1-7-27(4,25(42)28(29,30)31)35-23(40)19-9-8-14-37(19)24(41)21(16(2)3)34-26(43)33-18-12-10-17(11-13-18)22(39)32-15-20(38)36(5)6/h10-13,16,19,21H,7-9,14-15H2,1-6H3,(H,32,39)(H,35,40)(H2,33,34,43)/t19-,21-,27?/m0/s1. The first-order chi connectivity index (χ1) is 19.9. The number of Topliss-reactive ketones (excluding diaryl/α,β-unsaturated/α-hetero) is 1. The van der Waals surface area contributed by atoms with Crippen molar-refractivity contribution in [1.29, 1.82) is 0 Å².